The molecule has 3 heterocycles. The van der Waals surface area contributed by atoms with Crippen molar-refractivity contribution < 1.29 is 9.84 Å². The van der Waals surface area contributed by atoms with E-state index >= 15 is 0 Å². The van der Waals surface area contributed by atoms with Gasteiger partial charge in [-0.25, -0.2) is 24.9 Å². The Morgan fingerprint density at radius 1 is 1.12 bits per heavy atom. The zero-order chi connectivity index (χ0) is 16.8. The van der Waals surface area contributed by atoms with E-state index in [1.54, 1.807) is 12.4 Å². The van der Waals surface area contributed by atoms with E-state index in [1.807, 2.05) is 0 Å². The summed E-state index contributed by atoms with van der Waals surface area (Å²) in [5, 5.41) is 8.93. The highest BCUT2D eigenvalue weighted by Gasteiger charge is 2.30. The molecule has 1 aliphatic rings. The summed E-state index contributed by atoms with van der Waals surface area (Å²) in [4.78, 5) is 25.4. The van der Waals surface area contributed by atoms with Crippen LogP contribution < -0.4 is 9.80 Å². The van der Waals surface area contributed by atoms with Crippen LogP contribution in [0.1, 0.15) is 0 Å². The molecular formula is C14H18IN7O2. The molecule has 9 nitrogen and oxygen atoms in total. The second-order valence-electron chi connectivity index (χ2n) is 5.23. The van der Waals surface area contributed by atoms with Crippen LogP contribution in [0, 0.1) is 3.57 Å². The van der Waals surface area contributed by atoms with Gasteiger partial charge in [0.1, 0.15) is 12.7 Å². The predicted molar refractivity (Wildman–Crippen MR) is 95.8 cm³/mol. The quantitative estimate of drug-likeness (QED) is 0.488. The molecule has 3 rings (SSSR count). The van der Waals surface area contributed by atoms with Gasteiger partial charge < -0.3 is 19.6 Å². The van der Waals surface area contributed by atoms with Gasteiger partial charge in [0.2, 0.25) is 11.9 Å². The number of nitrogens with zero attached hydrogens (tertiary/aromatic N) is 7. The molecule has 1 fully saturated rings. The molecule has 0 saturated carbocycles. The minimum Gasteiger partial charge on any atom is -0.394 e. The summed E-state index contributed by atoms with van der Waals surface area (Å²) in [5.74, 6) is 1.34. The Balaban J connectivity index is 1.74. The average molecular weight is 443 g/mol. The molecule has 0 unspecified atom stereocenters. The predicted octanol–water partition coefficient (Wildman–Crippen LogP) is -0.0297. The zero-order valence-electron chi connectivity index (χ0n) is 13.0. The molecule has 128 valence electrons. The van der Waals surface area contributed by atoms with Crippen molar-refractivity contribution in [1.82, 2.24) is 24.9 Å². The maximum absolute atomic E-state index is 8.93. The maximum Gasteiger partial charge on any atom is 0.228 e. The van der Waals surface area contributed by atoms with E-state index in [2.05, 4.69) is 57.3 Å². The normalized spacial score (nSPS) is 18.0. The molecule has 1 saturated heterocycles. The largest absolute Gasteiger partial charge is 0.394 e. The van der Waals surface area contributed by atoms with Crippen molar-refractivity contribution in [2.75, 3.05) is 49.3 Å². The Labute approximate surface area is 153 Å². The van der Waals surface area contributed by atoms with E-state index in [9.17, 15) is 0 Å². The lowest BCUT2D eigenvalue weighted by atomic mass is 10.2. The highest BCUT2D eigenvalue weighted by Crippen LogP contribution is 2.19. The first-order valence-corrected chi connectivity index (χ1v) is 8.65. The molecule has 0 spiro atoms. The summed E-state index contributed by atoms with van der Waals surface area (Å²) < 4.78 is 6.55. The Kier molecular flexibility index (Phi) is 6.04. The number of hydrogen-bond acceptors (Lipinski definition) is 9. The Hall–Kier alpha value is -1.66. The molecular weight excluding hydrogens is 425 g/mol. The van der Waals surface area contributed by atoms with E-state index in [0.717, 1.165) is 16.7 Å². The smallest absolute Gasteiger partial charge is 0.228 e. The number of halogens is 1. The van der Waals surface area contributed by atoms with E-state index < -0.39 is 0 Å². The summed E-state index contributed by atoms with van der Waals surface area (Å²) in [5.41, 5.74) is 0. The third-order valence-corrected chi connectivity index (χ3v) is 4.21. The Morgan fingerprint density at radius 3 is 2.58 bits per heavy atom. The van der Waals surface area contributed by atoms with Crippen LogP contribution in [0.2, 0.25) is 0 Å². The summed E-state index contributed by atoms with van der Waals surface area (Å²) in [6.45, 7) is 2.96. The average Bonchev–Trinajstić information content (AvgIpc) is 2.63. The van der Waals surface area contributed by atoms with Crippen LogP contribution in [-0.2, 0) is 4.74 Å². The van der Waals surface area contributed by atoms with Gasteiger partial charge in [0.15, 0.2) is 0 Å². The third-order valence-electron chi connectivity index (χ3n) is 3.65. The van der Waals surface area contributed by atoms with Crippen molar-refractivity contribution in [2.45, 2.75) is 6.04 Å². The van der Waals surface area contributed by atoms with Crippen LogP contribution in [0.4, 0.5) is 11.9 Å². The molecule has 0 aromatic carbocycles. The summed E-state index contributed by atoms with van der Waals surface area (Å²) in [7, 11) is 0. The second-order valence-corrected chi connectivity index (χ2v) is 6.48. The van der Waals surface area contributed by atoms with Gasteiger partial charge in [0, 0.05) is 35.6 Å². The van der Waals surface area contributed by atoms with Gasteiger partial charge in [-0.15, -0.1) is 0 Å². The number of ether oxygens (including phenoxy) is 1. The number of anilines is 2. The molecule has 1 N–H and O–H groups in total. The third kappa shape index (κ3) is 4.24. The maximum atomic E-state index is 8.93. The molecule has 2 aromatic heterocycles. The van der Waals surface area contributed by atoms with Gasteiger partial charge in [-0.1, -0.05) is 0 Å². The van der Waals surface area contributed by atoms with Gasteiger partial charge in [0.25, 0.3) is 0 Å². The van der Waals surface area contributed by atoms with Crippen molar-refractivity contribution in [3.05, 3.63) is 28.6 Å². The molecule has 10 heteroatoms. The monoisotopic (exact) mass is 443 g/mol. The fourth-order valence-corrected chi connectivity index (χ4v) is 2.86. The van der Waals surface area contributed by atoms with Crippen LogP contribution in [0.15, 0.2) is 25.0 Å². The first-order chi connectivity index (χ1) is 11.8. The summed E-state index contributed by atoms with van der Waals surface area (Å²) in [6, 6.07) is 0.0376. The first-order valence-electron chi connectivity index (χ1n) is 7.57. The first kappa shape index (κ1) is 17.2. The van der Waals surface area contributed by atoms with Gasteiger partial charge in [0.05, 0.1) is 25.9 Å². The zero-order valence-corrected chi connectivity index (χ0v) is 15.2. The van der Waals surface area contributed by atoms with Gasteiger partial charge in [-0.05, 0) is 22.6 Å². The number of aliphatic hydroxyl groups is 1. The molecule has 0 aliphatic carbocycles. The van der Waals surface area contributed by atoms with Crippen LogP contribution >= 0.6 is 22.6 Å². The minimum absolute atomic E-state index is 0.00241. The molecule has 0 bridgehead atoms. The fourth-order valence-electron chi connectivity index (χ4n) is 2.58. The number of aliphatic hydroxyl groups excluding tert-OH is 1. The standard InChI is InChI=1S/C14H18IN7O2/c15-11-5-17-13(18-6-11)21-1-2-22(14-19-9-16-10-20-14)12(7-21)8-24-4-3-23/h5-6,9-10,12,23H,1-4,7-8H2/t12-/m1/s1. The minimum atomic E-state index is 0.00241. The lowest BCUT2D eigenvalue weighted by Gasteiger charge is -2.41. The van der Waals surface area contributed by atoms with Crippen LogP contribution in [0.5, 0.6) is 0 Å². The van der Waals surface area contributed by atoms with Crippen molar-refractivity contribution in [3.63, 3.8) is 0 Å². The van der Waals surface area contributed by atoms with Crippen molar-refractivity contribution >= 4 is 34.5 Å². The van der Waals surface area contributed by atoms with Crippen LogP contribution in [-0.4, -0.2) is 75.5 Å². The van der Waals surface area contributed by atoms with Crippen LogP contribution in [0.3, 0.4) is 0 Å². The summed E-state index contributed by atoms with van der Waals surface area (Å²) >= 11 is 2.19. The number of rotatable bonds is 6. The SMILES string of the molecule is OCCOC[C@H]1CN(c2ncc(I)cn2)CCN1c1ncncn1. The summed E-state index contributed by atoms with van der Waals surface area (Å²) in [6.07, 6.45) is 6.59. The molecule has 1 aliphatic heterocycles. The van der Waals surface area contributed by atoms with E-state index in [1.165, 1.54) is 12.7 Å². The van der Waals surface area contributed by atoms with Crippen molar-refractivity contribution in [3.8, 4) is 0 Å². The molecule has 0 amide bonds. The van der Waals surface area contributed by atoms with E-state index in [-0.39, 0.29) is 12.6 Å². The van der Waals surface area contributed by atoms with Gasteiger partial charge in [-0.2, -0.15) is 0 Å². The molecule has 1 atom stereocenters. The van der Waals surface area contributed by atoms with E-state index in [4.69, 9.17) is 9.84 Å². The topological polar surface area (TPSA) is 100 Å². The highest BCUT2D eigenvalue weighted by molar-refractivity contribution is 14.1. The van der Waals surface area contributed by atoms with Crippen LogP contribution in [0.25, 0.3) is 0 Å². The fraction of sp³-hybridized carbons (Fsp3) is 0.500. The lowest BCUT2D eigenvalue weighted by molar-refractivity contribution is 0.0807. The lowest BCUT2D eigenvalue weighted by Crippen LogP contribution is -2.56. The van der Waals surface area contributed by atoms with Gasteiger partial charge in [-0.3, -0.25) is 0 Å². The highest BCUT2D eigenvalue weighted by atomic mass is 127. The Bertz CT molecular complexity index is 631. The number of hydrogen-bond donors (Lipinski definition) is 1. The number of aromatic nitrogens is 5. The number of piperazine rings is 1. The van der Waals surface area contributed by atoms with Gasteiger partial charge >= 0.3 is 0 Å². The van der Waals surface area contributed by atoms with E-state index in [0.29, 0.717) is 31.7 Å². The van der Waals surface area contributed by atoms with Crippen molar-refractivity contribution in [2.24, 2.45) is 0 Å². The second kappa shape index (κ2) is 8.44. The van der Waals surface area contributed by atoms with Crippen molar-refractivity contribution in [1.29, 1.82) is 0 Å². The Morgan fingerprint density at radius 2 is 1.88 bits per heavy atom. The molecule has 2 aromatic rings. The molecule has 0 radical (unpaired) electrons. The molecule has 24 heavy (non-hydrogen) atoms.